The van der Waals surface area contributed by atoms with Crippen molar-refractivity contribution < 1.29 is 26.1 Å². The molecule has 0 bridgehead atoms. The van der Waals surface area contributed by atoms with Crippen LogP contribution in [0.1, 0.15) is 37.3 Å². The lowest BCUT2D eigenvalue weighted by Gasteiger charge is -2.27. The standard InChI is InChI=1S/C15H16F3N3O3S/c1-9(21(12-7-8-12)25(2,22)23)10-3-5-11(6-4-10)13-19-14(24-20-13)15(16,17)18/h3-6,9,12H,7-8H2,1-2H3. The highest BCUT2D eigenvalue weighted by Gasteiger charge is 2.39. The lowest BCUT2D eigenvalue weighted by atomic mass is 10.1. The van der Waals surface area contributed by atoms with Gasteiger partial charge in [-0.05, 0) is 25.3 Å². The fraction of sp³-hybridized carbons (Fsp3) is 0.467. The zero-order valence-corrected chi connectivity index (χ0v) is 14.3. The van der Waals surface area contributed by atoms with Crippen LogP contribution in [0.2, 0.25) is 0 Å². The Hall–Kier alpha value is -1.94. The van der Waals surface area contributed by atoms with Gasteiger partial charge in [-0.25, -0.2) is 8.42 Å². The predicted molar refractivity (Wildman–Crippen MR) is 82.9 cm³/mol. The van der Waals surface area contributed by atoms with Crippen LogP contribution < -0.4 is 0 Å². The van der Waals surface area contributed by atoms with Crippen LogP contribution in [0.15, 0.2) is 28.8 Å². The average Bonchev–Trinajstić information content (AvgIpc) is 3.18. The van der Waals surface area contributed by atoms with Gasteiger partial charge in [0, 0.05) is 17.6 Å². The van der Waals surface area contributed by atoms with Crippen LogP contribution in [0.25, 0.3) is 11.4 Å². The normalized spacial score (nSPS) is 17.0. The maximum atomic E-state index is 12.5. The molecule has 0 amide bonds. The topological polar surface area (TPSA) is 76.3 Å². The molecule has 0 spiro atoms. The SMILES string of the molecule is CC(c1ccc(-c2noc(C(F)(F)F)n2)cc1)N(C1CC1)S(C)(=O)=O. The second kappa shape index (κ2) is 6.10. The molecular formula is C15H16F3N3O3S. The Morgan fingerprint density at radius 1 is 1.24 bits per heavy atom. The van der Waals surface area contributed by atoms with Gasteiger partial charge >= 0.3 is 12.1 Å². The number of aromatic nitrogens is 2. The molecule has 1 aliphatic rings. The third kappa shape index (κ3) is 3.84. The molecular weight excluding hydrogens is 359 g/mol. The van der Waals surface area contributed by atoms with Crippen LogP contribution in [0.4, 0.5) is 13.2 Å². The molecule has 1 unspecified atom stereocenters. The predicted octanol–water partition coefficient (Wildman–Crippen LogP) is 3.24. The van der Waals surface area contributed by atoms with Crippen molar-refractivity contribution in [1.29, 1.82) is 0 Å². The first-order valence-corrected chi connectivity index (χ1v) is 9.42. The molecule has 0 radical (unpaired) electrons. The van der Waals surface area contributed by atoms with Crippen molar-refractivity contribution in [3.05, 3.63) is 35.7 Å². The highest BCUT2D eigenvalue weighted by molar-refractivity contribution is 7.88. The molecule has 1 saturated carbocycles. The van der Waals surface area contributed by atoms with Crippen molar-refractivity contribution in [1.82, 2.24) is 14.4 Å². The molecule has 25 heavy (non-hydrogen) atoms. The number of hydrogen-bond acceptors (Lipinski definition) is 5. The number of nitrogens with zero attached hydrogens (tertiary/aromatic N) is 3. The lowest BCUT2D eigenvalue weighted by molar-refractivity contribution is -0.159. The monoisotopic (exact) mass is 375 g/mol. The number of hydrogen-bond donors (Lipinski definition) is 0. The molecule has 136 valence electrons. The maximum absolute atomic E-state index is 12.5. The zero-order valence-electron chi connectivity index (χ0n) is 13.5. The van der Waals surface area contributed by atoms with Crippen LogP contribution in [-0.2, 0) is 16.2 Å². The van der Waals surface area contributed by atoms with E-state index < -0.39 is 22.1 Å². The number of halogens is 3. The smallest absolute Gasteiger partial charge is 0.329 e. The van der Waals surface area contributed by atoms with Gasteiger partial charge < -0.3 is 4.52 Å². The summed E-state index contributed by atoms with van der Waals surface area (Å²) in [5.41, 5.74) is 1.09. The van der Waals surface area contributed by atoms with E-state index in [0.29, 0.717) is 5.56 Å². The summed E-state index contributed by atoms with van der Waals surface area (Å²) < 4.78 is 67.2. The molecule has 3 rings (SSSR count). The fourth-order valence-corrected chi connectivity index (χ4v) is 4.17. The van der Waals surface area contributed by atoms with Gasteiger partial charge in [0.1, 0.15) is 0 Å². The van der Waals surface area contributed by atoms with Gasteiger partial charge in [-0.2, -0.15) is 22.5 Å². The van der Waals surface area contributed by atoms with Crippen molar-refractivity contribution in [2.24, 2.45) is 0 Å². The van der Waals surface area contributed by atoms with E-state index in [1.165, 1.54) is 10.6 Å². The van der Waals surface area contributed by atoms with Gasteiger partial charge in [-0.15, -0.1) is 0 Å². The highest BCUT2D eigenvalue weighted by atomic mass is 32.2. The Bertz CT molecular complexity index is 858. The molecule has 2 aromatic rings. The van der Waals surface area contributed by atoms with Gasteiger partial charge in [0.25, 0.3) is 0 Å². The van der Waals surface area contributed by atoms with Gasteiger partial charge in [0.2, 0.25) is 15.8 Å². The van der Waals surface area contributed by atoms with Crippen LogP contribution in [0.3, 0.4) is 0 Å². The van der Waals surface area contributed by atoms with Crippen LogP contribution in [-0.4, -0.2) is 35.2 Å². The number of alkyl halides is 3. The Kier molecular flexibility index (Phi) is 4.36. The van der Waals surface area contributed by atoms with E-state index in [0.717, 1.165) is 18.4 Å². The first kappa shape index (κ1) is 17.9. The largest absolute Gasteiger partial charge is 0.471 e. The fourth-order valence-electron chi connectivity index (χ4n) is 2.72. The molecule has 0 aliphatic heterocycles. The quantitative estimate of drug-likeness (QED) is 0.802. The molecule has 1 aromatic carbocycles. The van der Waals surface area contributed by atoms with Crippen molar-refractivity contribution in [3.63, 3.8) is 0 Å². The van der Waals surface area contributed by atoms with Crippen molar-refractivity contribution in [2.45, 2.75) is 38.0 Å². The Labute approximate surface area is 142 Å². The van der Waals surface area contributed by atoms with Gasteiger partial charge in [0.15, 0.2) is 0 Å². The summed E-state index contributed by atoms with van der Waals surface area (Å²) in [5, 5.41) is 3.33. The third-order valence-corrected chi connectivity index (χ3v) is 5.37. The van der Waals surface area contributed by atoms with E-state index in [2.05, 4.69) is 14.7 Å². The second-order valence-electron chi connectivity index (χ2n) is 6.04. The minimum absolute atomic E-state index is 0.0104. The van der Waals surface area contributed by atoms with E-state index >= 15 is 0 Å². The first-order chi connectivity index (χ1) is 11.6. The zero-order chi connectivity index (χ0) is 18.4. The number of rotatable bonds is 5. The minimum Gasteiger partial charge on any atom is -0.329 e. The Balaban J connectivity index is 1.83. The van der Waals surface area contributed by atoms with Gasteiger partial charge in [0.05, 0.1) is 6.26 Å². The van der Waals surface area contributed by atoms with Gasteiger partial charge in [-0.3, -0.25) is 0 Å². The van der Waals surface area contributed by atoms with E-state index in [1.807, 2.05) is 0 Å². The number of sulfonamides is 1. The molecule has 6 nitrogen and oxygen atoms in total. The van der Waals surface area contributed by atoms with Crippen molar-refractivity contribution >= 4 is 10.0 Å². The molecule has 1 fully saturated rings. The number of benzene rings is 1. The van der Waals surface area contributed by atoms with Crippen LogP contribution >= 0.6 is 0 Å². The van der Waals surface area contributed by atoms with Gasteiger partial charge in [-0.1, -0.05) is 29.4 Å². The average molecular weight is 375 g/mol. The van der Waals surface area contributed by atoms with E-state index in [9.17, 15) is 21.6 Å². The Morgan fingerprint density at radius 3 is 2.28 bits per heavy atom. The summed E-state index contributed by atoms with van der Waals surface area (Å²) in [6.07, 6.45) is -1.86. The van der Waals surface area contributed by atoms with Crippen LogP contribution in [0, 0.1) is 0 Å². The van der Waals surface area contributed by atoms with E-state index in [4.69, 9.17) is 0 Å². The lowest BCUT2D eigenvalue weighted by Crippen LogP contribution is -2.34. The summed E-state index contributed by atoms with van der Waals surface area (Å²) in [6.45, 7) is 1.78. The molecule has 1 aromatic heterocycles. The minimum atomic E-state index is -4.69. The summed E-state index contributed by atoms with van der Waals surface area (Å²) in [4.78, 5) is 3.33. The summed E-state index contributed by atoms with van der Waals surface area (Å²) in [7, 11) is -3.36. The first-order valence-electron chi connectivity index (χ1n) is 7.57. The highest BCUT2D eigenvalue weighted by Crippen LogP contribution is 2.37. The second-order valence-corrected chi connectivity index (χ2v) is 7.93. The molecule has 10 heteroatoms. The van der Waals surface area contributed by atoms with Crippen molar-refractivity contribution in [2.75, 3.05) is 6.26 Å². The van der Waals surface area contributed by atoms with E-state index in [-0.39, 0.29) is 17.9 Å². The molecule has 0 saturated heterocycles. The summed E-state index contributed by atoms with van der Waals surface area (Å²) >= 11 is 0. The summed E-state index contributed by atoms with van der Waals surface area (Å²) in [6, 6.07) is 6.05. The third-order valence-electron chi connectivity index (χ3n) is 3.99. The molecule has 0 N–H and O–H groups in total. The molecule has 1 atom stereocenters. The van der Waals surface area contributed by atoms with E-state index in [1.54, 1.807) is 31.2 Å². The molecule has 1 heterocycles. The Morgan fingerprint density at radius 2 is 1.84 bits per heavy atom. The maximum Gasteiger partial charge on any atom is 0.471 e. The van der Waals surface area contributed by atoms with Crippen molar-refractivity contribution in [3.8, 4) is 11.4 Å². The molecule has 1 aliphatic carbocycles. The van der Waals surface area contributed by atoms with Crippen LogP contribution in [0.5, 0.6) is 0 Å². The summed E-state index contributed by atoms with van der Waals surface area (Å²) in [5.74, 6) is -1.58.